The highest BCUT2D eigenvalue weighted by atomic mass is 16.3. The Hall–Kier alpha value is -1.14. The van der Waals surface area contributed by atoms with Gasteiger partial charge in [0.1, 0.15) is 0 Å². The van der Waals surface area contributed by atoms with Crippen molar-refractivity contribution in [1.82, 2.24) is 15.5 Å². The van der Waals surface area contributed by atoms with Crippen LogP contribution in [-0.2, 0) is 4.79 Å². The summed E-state index contributed by atoms with van der Waals surface area (Å²) in [5, 5.41) is 13.9. The van der Waals surface area contributed by atoms with Crippen LogP contribution in [0.4, 0.5) is 4.79 Å². The lowest BCUT2D eigenvalue weighted by atomic mass is 10.1. The highest BCUT2D eigenvalue weighted by Gasteiger charge is 2.24. The van der Waals surface area contributed by atoms with Crippen molar-refractivity contribution in [2.24, 2.45) is 0 Å². The molecule has 0 aliphatic rings. The molecule has 0 radical (unpaired) electrons. The third-order valence-electron chi connectivity index (χ3n) is 2.47. The van der Waals surface area contributed by atoms with E-state index < -0.39 is 17.5 Å². The van der Waals surface area contributed by atoms with Crippen LogP contribution in [0.25, 0.3) is 0 Å². The molecule has 0 aromatic rings. The molecule has 0 heterocycles. The molecule has 3 N–H and O–H groups in total. The Morgan fingerprint density at radius 2 is 1.88 bits per heavy atom. The predicted molar refractivity (Wildman–Crippen MR) is 65.6 cm³/mol. The van der Waals surface area contributed by atoms with E-state index in [1.807, 2.05) is 27.7 Å². The maximum Gasteiger partial charge on any atom is 0.321 e. The average molecular weight is 245 g/mol. The second-order valence-electron chi connectivity index (χ2n) is 5.00. The summed E-state index contributed by atoms with van der Waals surface area (Å²) < 4.78 is 0. The zero-order valence-corrected chi connectivity index (χ0v) is 11.2. The molecule has 0 fully saturated rings. The molecule has 3 amide bonds. The number of carbonyl (C=O) groups excluding carboxylic acids is 2. The summed E-state index contributed by atoms with van der Waals surface area (Å²) in [5.41, 5.74) is -0.494. The Morgan fingerprint density at radius 3 is 2.29 bits per heavy atom. The number of imide groups is 1. The molecule has 0 rings (SSSR count). The maximum absolute atomic E-state index is 11.5. The quantitative estimate of drug-likeness (QED) is 0.633. The van der Waals surface area contributed by atoms with E-state index in [4.69, 9.17) is 5.11 Å². The number of nitrogens with zero attached hydrogens (tertiary/aromatic N) is 1. The second-order valence-corrected chi connectivity index (χ2v) is 5.00. The fourth-order valence-corrected chi connectivity index (χ4v) is 1.01. The van der Waals surface area contributed by atoms with Gasteiger partial charge in [0.25, 0.3) is 0 Å². The minimum absolute atomic E-state index is 0.0191. The molecule has 6 heteroatoms. The van der Waals surface area contributed by atoms with Crippen molar-refractivity contribution in [3.8, 4) is 0 Å². The third kappa shape index (κ3) is 6.23. The van der Waals surface area contributed by atoms with Crippen LogP contribution in [0.3, 0.4) is 0 Å². The van der Waals surface area contributed by atoms with E-state index in [9.17, 15) is 9.59 Å². The molecule has 0 saturated heterocycles. The van der Waals surface area contributed by atoms with Gasteiger partial charge in [-0.05, 0) is 34.7 Å². The number of aliphatic hydroxyl groups is 1. The second kappa shape index (κ2) is 6.56. The van der Waals surface area contributed by atoms with Gasteiger partial charge in [0.05, 0.1) is 13.2 Å². The van der Waals surface area contributed by atoms with Gasteiger partial charge in [0, 0.05) is 11.6 Å². The summed E-state index contributed by atoms with van der Waals surface area (Å²) in [6.45, 7) is 7.24. The maximum atomic E-state index is 11.5. The summed E-state index contributed by atoms with van der Waals surface area (Å²) in [6.07, 6.45) is 0. The minimum atomic E-state index is -0.500. The number of nitrogens with one attached hydrogen (secondary N) is 2. The van der Waals surface area contributed by atoms with E-state index in [1.54, 1.807) is 11.9 Å². The van der Waals surface area contributed by atoms with Gasteiger partial charge in [0.15, 0.2) is 0 Å². The molecule has 0 bridgehead atoms. The van der Waals surface area contributed by atoms with Crippen molar-refractivity contribution < 1.29 is 14.7 Å². The summed E-state index contributed by atoms with van der Waals surface area (Å²) in [7, 11) is 1.72. The van der Waals surface area contributed by atoms with Crippen molar-refractivity contribution in [2.45, 2.75) is 39.3 Å². The molecule has 0 unspecified atom stereocenters. The van der Waals surface area contributed by atoms with E-state index in [2.05, 4.69) is 10.6 Å². The minimum Gasteiger partial charge on any atom is -0.394 e. The first kappa shape index (κ1) is 15.9. The molecule has 17 heavy (non-hydrogen) atoms. The number of aliphatic hydroxyl groups excluding tert-OH is 1. The van der Waals surface area contributed by atoms with Gasteiger partial charge in [-0.15, -0.1) is 0 Å². The number of urea groups is 1. The van der Waals surface area contributed by atoms with Crippen molar-refractivity contribution >= 4 is 11.9 Å². The SMILES string of the molecule is CC(C)NC(=O)NC(=O)CN(C)C(C)(C)CO. The number of likely N-dealkylation sites (N-methyl/N-ethyl adjacent to an activating group) is 1. The van der Waals surface area contributed by atoms with Crippen molar-refractivity contribution in [3.05, 3.63) is 0 Å². The first-order valence-electron chi connectivity index (χ1n) is 5.61. The Kier molecular flexibility index (Phi) is 6.12. The topological polar surface area (TPSA) is 81.7 Å². The molecule has 6 nitrogen and oxygen atoms in total. The van der Waals surface area contributed by atoms with E-state index in [0.717, 1.165) is 0 Å². The molecule has 0 aliphatic heterocycles. The number of carbonyl (C=O) groups is 2. The van der Waals surface area contributed by atoms with Crippen LogP contribution in [0.2, 0.25) is 0 Å². The predicted octanol–water partition coefficient (Wildman–Crippen LogP) is -0.0767. The highest BCUT2D eigenvalue weighted by molar-refractivity contribution is 5.95. The zero-order valence-electron chi connectivity index (χ0n) is 11.2. The first-order valence-corrected chi connectivity index (χ1v) is 5.61. The molecular weight excluding hydrogens is 222 g/mol. The lowest BCUT2D eigenvalue weighted by Crippen LogP contribution is -2.51. The molecular formula is C11H23N3O3. The monoisotopic (exact) mass is 245 g/mol. The summed E-state index contributed by atoms with van der Waals surface area (Å²) in [4.78, 5) is 24.5. The van der Waals surface area contributed by atoms with Gasteiger partial charge in [0.2, 0.25) is 5.91 Å². The zero-order chi connectivity index (χ0) is 13.6. The van der Waals surface area contributed by atoms with Gasteiger partial charge in [-0.25, -0.2) is 4.79 Å². The van der Waals surface area contributed by atoms with E-state index in [1.165, 1.54) is 0 Å². The molecule has 0 atom stereocenters. The third-order valence-corrected chi connectivity index (χ3v) is 2.47. The smallest absolute Gasteiger partial charge is 0.321 e. The van der Waals surface area contributed by atoms with Gasteiger partial charge in [-0.1, -0.05) is 0 Å². The van der Waals surface area contributed by atoms with E-state index in [-0.39, 0.29) is 19.2 Å². The van der Waals surface area contributed by atoms with Crippen LogP contribution in [0.15, 0.2) is 0 Å². The van der Waals surface area contributed by atoms with Gasteiger partial charge in [-0.3, -0.25) is 15.0 Å². The highest BCUT2D eigenvalue weighted by Crippen LogP contribution is 2.09. The van der Waals surface area contributed by atoms with E-state index >= 15 is 0 Å². The summed E-state index contributed by atoms with van der Waals surface area (Å²) in [5.74, 6) is -0.396. The number of hydrogen-bond donors (Lipinski definition) is 3. The average Bonchev–Trinajstić information content (AvgIpc) is 2.15. The van der Waals surface area contributed by atoms with Crippen molar-refractivity contribution in [2.75, 3.05) is 20.2 Å². The Morgan fingerprint density at radius 1 is 1.35 bits per heavy atom. The van der Waals surface area contributed by atoms with Crippen molar-refractivity contribution in [1.29, 1.82) is 0 Å². The lowest BCUT2D eigenvalue weighted by Gasteiger charge is -2.33. The largest absolute Gasteiger partial charge is 0.394 e. The van der Waals surface area contributed by atoms with Crippen LogP contribution in [0, 0.1) is 0 Å². The molecule has 0 aliphatic carbocycles. The van der Waals surface area contributed by atoms with Crippen molar-refractivity contribution in [3.63, 3.8) is 0 Å². The van der Waals surface area contributed by atoms with Gasteiger partial charge in [-0.2, -0.15) is 0 Å². The number of hydrogen-bond acceptors (Lipinski definition) is 4. The Bertz CT molecular complexity index is 277. The van der Waals surface area contributed by atoms with Crippen LogP contribution < -0.4 is 10.6 Å². The molecule has 100 valence electrons. The standard InChI is InChI=1S/C11H23N3O3/c1-8(2)12-10(17)13-9(16)6-14(5)11(3,4)7-15/h8,15H,6-7H2,1-5H3,(H2,12,13,16,17). The van der Waals surface area contributed by atoms with Crippen LogP contribution in [-0.4, -0.2) is 53.7 Å². The van der Waals surface area contributed by atoms with Crippen LogP contribution >= 0.6 is 0 Å². The molecule has 0 spiro atoms. The fourth-order valence-electron chi connectivity index (χ4n) is 1.01. The summed E-state index contributed by atoms with van der Waals surface area (Å²) in [6, 6.07) is -0.519. The lowest BCUT2D eigenvalue weighted by molar-refractivity contribution is -0.122. The molecule has 0 aromatic carbocycles. The number of rotatable bonds is 5. The first-order chi connectivity index (χ1) is 7.69. The van der Waals surface area contributed by atoms with Gasteiger partial charge < -0.3 is 10.4 Å². The summed E-state index contributed by atoms with van der Waals surface area (Å²) >= 11 is 0. The molecule has 0 aromatic heterocycles. The van der Waals surface area contributed by atoms with E-state index in [0.29, 0.717) is 0 Å². The number of amides is 3. The van der Waals surface area contributed by atoms with Crippen LogP contribution in [0.5, 0.6) is 0 Å². The van der Waals surface area contributed by atoms with Gasteiger partial charge >= 0.3 is 6.03 Å². The Balaban J connectivity index is 4.15. The van der Waals surface area contributed by atoms with Crippen LogP contribution in [0.1, 0.15) is 27.7 Å². The molecule has 0 saturated carbocycles. The fraction of sp³-hybridized carbons (Fsp3) is 0.818. The Labute approximate surface area is 102 Å². The normalized spacial score (nSPS) is 11.8.